The largest absolute Gasteiger partial charge is 0.396 e. The third kappa shape index (κ3) is 5.31. The van der Waals surface area contributed by atoms with Crippen LogP contribution in [0.5, 0.6) is 0 Å². The maximum atomic E-state index is 9.33. The third-order valence-electron chi connectivity index (χ3n) is 2.84. The molecule has 0 unspecified atom stereocenters. The second-order valence-corrected chi connectivity index (χ2v) is 5.27. The van der Waals surface area contributed by atoms with Crippen LogP contribution >= 0.6 is 0 Å². The van der Waals surface area contributed by atoms with Gasteiger partial charge in [0, 0.05) is 24.6 Å². The average Bonchev–Trinajstić information content (AvgIpc) is 2.35. The summed E-state index contributed by atoms with van der Waals surface area (Å²) in [5.74, 6) is 0. The van der Waals surface area contributed by atoms with Crippen molar-refractivity contribution in [3.63, 3.8) is 0 Å². The quantitative estimate of drug-likeness (QED) is 0.668. The molecule has 0 spiro atoms. The Morgan fingerprint density at radius 1 is 1.18 bits per heavy atom. The minimum atomic E-state index is -0.149. The van der Waals surface area contributed by atoms with Gasteiger partial charge in [0.25, 0.3) is 0 Å². The van der Waals surface area contributed by atoms with Crippen LogP contribution in [-0.4, -0.2) is 36.0 Å². The highest BCUT2D eigenvalue weighted by Gasteiger charge is 2.18. The summed E-state index contributed by atoms with van der Waals surface area (Å²) in [6.07, 6.45) is 0.804. The number of aliphatic hydroxyl groups is 2. The van der Waals surface area contributed by atoms with E-state index in [4.69, 9.17) is 5.11 Å². The van der Waals surface area contributed by atoms with Crippen molar-refractivity contribution < 1.29 is 10.2 Å². The molecule has 17 heavy (non-hydrogen) atoms. The molecule has 0 radical (unpaired) electrons. The lowest BCUT2D eigenvalue weighted by Crippen LogP contribution is -2.41. The zero-order valence-corrected chi connectivity index (χ0v) is 10.7. The maximum absolute atomic E-state index is 9.33. The van der Waals surface area contributed by atoms with Crippen LogP contribution in [0.3, 0.4) is 0 Å². The van der Waals surface area contributed by atoms with Gasteiger partial charge in [-0.3, -0.25) is 0 Å². The second-order valence-electron chi connectivity index (χ2n) is 5.27. The molecule has 1 aromatic carbocycles. The van der Waals surface area contributed by atoms with Gasteiger partial charge < -0.3 is 15.5 Å². The van der Waals surface area contributed by atoms with Crippen molar-refractivity contribution in [3.05, 3.63) is 35.9 Å². The van der Waals surface area contributed by atoms with E-state index in [1.165, 1.54) is 5.56 Å². The number of nitrogens with one attached hydrogen (secondary N) is 1. The SMILES string of the molecule is CC(C)(CO)CN[C@H](CO)Cc1ccccc1. The Morgan fingerprint density at radius 3 is 2.35 bits per heavy atom. The van der Waals surface area contributed by atoms with Crippen LogP contribution < -0.4 is 5.32 Å². The van der Waals surface area contributed by atoms with Gasteiger partial charge in [-0.15, -0.1) is 0 Å². The standard InChI is InChI=1S/C14H23NO2/c1-14(2,11-17)10-15-13(9-16)8-12-6-4-3-5-7-12/h3-7,13,15-17H,8-11H2,1-2H3/t13-/m0/s1. The van der Waals surface area contributed by atoms with E-state index in [-0.39, 0.29) is 24.7 Å². The molecule has 0 aliphatic carbocycles. The van der Waals surface area contributed by atoms with Crippen LogP contribution in [0.15, 0.2) is 30.3 Å². The lowest BCUT2D eigenvalue weighted by atomic mass is 9.94. The van der Waals surface area contributed by atoms with Gasteiger partial charge in [-0.05, 0) is 12.0 Å². The Kier molecular flexibility index (Phi) is 5.62. The molecule has 0 bridgehead atoms. The van der Waals surface area contributed by atoms with Gasteiger partial charge in [0.05, 0.1) is 6.61 Å². The van der Waals surface area contributed by atoms with Crippen LogP contribution in [0.4, 0.5) is 0 Å². The fourth-order valence-corrected chi connectivity index (χ4v) is 1.58. The Balaban J connectivity index is 2.44. The van der Waals surface area contributed by atoms with Crippen LogP contribution in [0.2, 0.25) is 0 Å². The van der Waals surface area contributed by atoms with Crippen LogP contribution in [-0.2, 0) is 6.42 Å². The van der Waals surface area contributed by atoms with Crippen molar-refractivity contribution in [2.45, 2.75) is 26.3 Å². The van der Waals surface area contributed by atoms with E-state index in [0.717, 1.165) is 6.42 Å². The summed E-state index contributed by atoms with van der Waals surface area (Å²) in [6, 6.07) is 10.1. The normalized spacial score (nSPS) is 13.6. The molecular weight excluding hydrogens is 214 g/mol. The minimum absolute atomic E-state index is 0.0447. The average molecular weight is 237 g/mol. The van der Waals surface area contributed by atoms with E-state index in [9.17, 15) is 5.11 Å². The lowest BCUT2D eigenvalue weighted by molar-refractivity contribution is 0.145. The van der Waals surface area contributed by atoms with Gasteiger partial charge in [-0.2, -0.15) is 0 Å². The van der Waals surface area contributed by atoms with Crippen molar-refractivity contribution in [2.75, 3.05) is 19.8 Å². The van der Waals surface area contributed by atoms with Crippen LogP contribution in [0.25, 0.3) is 0 Å². The third-order valence-corrected chi connectivity index (χ3v) is 2.84. The molecule has 96 valence electrons. The fraction of sp³-hybridized carbons (Fsp3) is 0.571. The van der Waals surface area contributed by atoms with Gasteiger partial charge in [-0.25, -0.2) is 0 Å². The maximum Gasteiger partial charge on any atom is 0.0587 e. The first kappa shape index (κ1) is 14.2. The Labute approximate surface area is 103 Å². The zero-order chi connectivity index (χ0) is 12.7. The van der Waals surface area contributed by atoms with E-state index in [1.54, 1.807) is 0 Å². The van der Waals surface area contributed by atoms with Crippen molar-refractivity contribution in [3.8, 4) is 0 Å². The summed E-state index contributed by atoms with van der Waals surface area (Å²) in [7, 11) is 0. The first-order valence-electron chi connectivity index (χ1n) is 6.06. The number of aliphatic hydroxyl groups excluding tert-OH is 2. The summed E-state index contributed by atoms with van der Waals surface area (Å²) >= 11 is 0. The zero-order valence-electron chi connectivity index (χ0n) is 10.7. The molecule has 1 aromatic rings. The lowest BCUT2D eigenvalue weighted by Gasteiger charge is -2.25. The number of benzene rings is 1. The molecular formula is C14H23NO2. The molecule has 0 fully saturated rings. The molecule has 3 nitrogen and oxygen atoms in total. The fourth-order valence-electron chi connectivity index (χ4n) is 1.58. The molecule has 3 heteroatoms. The van der Waals surface area contributed by atoms with Crippen molar-refractivity contribution in [1.82, 2.24) is 5.32 Å². The summed E-state index contributed by atoms with van der Waals surface area (Å²) < 4.78 is 0. The van der Waals surface area contributed by atoms with E-state index < -0.39 is 0 Å². The van der Waals surface area contributed by atoms with Crippen molar-refractivity contribution >= 4 is 0 Å². The first-order chi connectivity index (χ1) is 8.07. The van der Waals surface area contributed by atoms with Crippen LogP contribution in [0, 0.1) is 5.41 Å². The molecule has 1 rings (SSSR count). The molecule has 0 saturated heterocycles. The molecule has 0 saturated carbocycles. The summed E-state index contributed by atoms with van der Waals surface area (Å²) in [4.78, 5) is 0. The summed E-state index contributed by atoms with van der Waals surface area (Å²) in [5.41, 5.74) is 1.06. The molecule has 3 N–H and O–H groups in total. The first-order valence-corrected chi connectivity index (χ1v) is 6.06. The smallest absolute Gasteiger partial charge is 0.0587 e. The Morgan fingerprint density at radius 2 is 1.82 bits per heavy atom. The molecule has 0 amide bonds. The molecule has 0 heterocycles. The topological polar surface area (TPSA) is 52.5 Å². The predicted octanol–water partition coefficient (Wildman–Crippen LogP) is 1.20. The Hall–Kier alpha value is -0.900. The molecule has 0 aliphatic rings. The van der Waals surface area contributed by atoms with Crippen LogP contribution in [0.1, 0.15) is 19.4 Å². The molecule has 0 aromatic heterocycles. The van der Waals surface area contributed by atoms with E-state index in [1.807, 2.05) is 32.0 Å². The number of rotatable bonds is 7. The van der Waals surface area contributed by atoms with E-state index >= 15 is 0 Å². The highest BCUT2D eigenvalue weighted by Crippen LogP contribution is 2.12. The number of hydrogen-bond donors (Lipinski definition) is 3. The highest BCUT2D eigenvalue weighted by atomic mass is 16.3. The minimum Gasteiger partial charge on any atom is -0.396 e. The van der Waals surface area contributed by atoms with Crippen molar-refractivity contribution in [2.24, 2.45) is 5.41 Å². The number of hydrogen-bond acceptors (Lipinski definition) is 3. The monoisotopic (exact) mass is 237 g/mol. The van der Waals surface area contributed by atoms with Gasteiger partial charge in [0.2, 0.25) is 0 Å². The van der Waals surface area contributed by atoms with Gasteiger partial charge in [-0.1, -0.05) is 44.2 Å². The molecule has 1 atom stereocenters. The van der Waals surface area contributed by atoms with E-state index in [0.29, 0.717) is 6.54 Å². The van der Waals surface area contributed by atoms with Crippen molar-refractivity contribution in [1.29, 1.82) is 0 Å². The van der Waals surface area contributed by atoms with Gasteiger partial charge in [0.1, 0.15) is 0 Å². The highest BCUT2D eigenvalue weighted by molar-refractivity contribution is 5.15. The van der Waals surface area contributed by atoms with Gasteiger partial charge in [0.15, 0.2) is 0 Å². The molecule has 0 aliphatic heterocycles. The van der Waals surface area contributed by atoms with E-state index in [2.05, 4.69) is 17.4 Å². The predicted molar refractivity (Wildman–Crippen MR) is 69.9 cm³/mol. The van der Waals surface area contributed by atoms with Gasteiger partial charge >= 0.3 is 0 Å². The Bertz CT molecular complexity index is 311. The summed E-state index contributed by atoms with van der Waals surface area (Å²) in [5, 5.41) is 21.8. The summed E-state index contributed by atoms with van der Waals surface area (Å²) in [6.45, 7) is 4.94. The second kappa shape index (κ2) is 6.74.